The fourth-order valence-corrected chi connectivity index (χ4v) is 1.87. The smallest absolute Gasteiger partial charge is 0.318 e. The van der Waals surface area contributed by atoms with Crippen LogP contribution < -0.4 is 0 Å². The standard InChI is InChI=1S/C10H20O4S/c1-3-4-7-14-10(11)9-15(12)8-5-6-13-2/h3-9H2,1-2H3. The van der Waals surface area contributed by atoms with Gasteiger partial charge in [-0.25, -0.2) is 0 Å². The van der Waals surface area contributed by atoms with Crippen molar-refractivity contribution in [3.63, 3.8) is 0 Å². The molecule has 0 saturated heterocycles. The highest BCUT2D eigenvalue weighted by molar-refractivity contribution is 7.85. The summed E-state index contributed by atoms with van der Waals surface area (Å²) in [5.41, 5.74) is 0. The van der Waals surface area contributed by atoms with Crippen LogP contribution in [0.15, 0.2) is 0 Å². The molecule has 0 spiro atoms. The predicted octanol–water partition coefficient (Wildman–Crippen LogP) is 1.11. The molecule has 0 aliphatic carbocycles. The second-order valence-electron chi connectivity index (χ2n) is 3.21. The summed E-state index contributed by atoms with van der Waals surface area (Å²) in [6, 6.07) is 0. The van der Waals surface area contributed by atoms with E-state index in [-0.39, 0.29) is 11.7 Å². The number of hydrogen-bond acceptors (Lipinski definition) is 4. The first-order valence-corrected chi connectivity index (χ1v) is 6.69. The van der Waals surface area contributed by atoms with Gasteiger partial charge >= 0.3 is 5.97 Å². The van der Waals surface area contributed by atoms with Crippen LogP contribution in [0.2, 0.25) is 0 Å². The first kappa shape index (κ1) is 14.6. The van der Waals surface area contributed by atoms with Crippen molar-refractivity contribution in [2.45, 2.75) is 26.2 Å². The maximum absolute atomic E-state index is 11.3. The Morgan fingerprint density at radius 2 is 2.00 bits per heavy atom. The third-order valence-electron chi connectivity index (χ3n) is 1.76. The quantitative estimate of drug-likeness (QED) is 0.444. The summed E-state index contributed by atoms with van der Waals surface area (Å²) in [5, 5.41) is 0. The van der Waals surface area contributed by atoms with Gasteiger partial charge in [-0.2, -0.15) is 0 Å². The van der Waals surface area contributed by atoms with Crippen LogP contribution in [0, 0.1) is 0 Å². The molecule has 90 valence electrons. The van der Waals surface area contributed by atoms with E-state index >= 15 is 0 Å². The summed E-state index contributed by atoms with van der Waals surface area (Å²) in [6.07, 6.45) is 2.57. The first-order valence-electron chi connectivity index (χ1n) is 5.20. The molecule has 0 rings (SSSR count). The molecule has 5 heteroatoms. The Labute approximate surface area is 93.8 Å². The monoisotopic (exact) mass is 236 g/mol. The van der Waals surface area contributed by atoms with E-state index in [1.807, 2.05) is 6.92 Å². The number of methoxy groups -OCH3 is 1. The molecule has 0 fully saturated rings. The number of ether oxygens (including phenoxy) is 2. The molecule has 0 heterocycles. The van der Waals surface area contributed by atoms with E-state index in [0.717, 1.165) is 12.8 Å². The molecule has 0 saturated carbocycles. The van der Waals surface area contributed by atoms with Gasteiger partial charge in [0.1, 0.15) is 5.75 Å². The van der Waals surface area contributed by atoms with Crippen LogP contribution in [0.3, 0.4) is 0 Å². The summed E-state index contributed by atoms with van der Waals surface area (Å²) in [5.74, 6) is 0.142. The van der Waals surface area contributed by atoms with Gasteiger partial charge in [0, 0.05) is 30.3 Å². The van der Waals surface area contributed by atoms with Crippen molar-refractivity contribution < 1.29 is 18.5 Å². The molecule has 0 bridgehead atoms. The van der Waals surface area contributed by atoms with Crippen LogP contribution in [0.4, 0.5) is 0 Å². The summed E-state index contributed by atoms with van der Waals surface area (Å²) in [7, 11) is 0.488. The van der Waals surface area contributed by atoms with Gasteiger partial charge < -0.3 is 9.47 Å². The van der Waals surface area contributed by atoms with Gasteiger partial charge in [-0.1, -0.05) is 13.3 Å². The lowest BCUT2D eigenvalue weighted by Crippen LogP contribution is -2.17. The number of hydrogen-bond donors (Lipinski definition) is 0. The van der Waals surface area contributed by atoms with Crippen molar-refractivity contribution in [2.24, 2.45) is 0 Å². The van der Waals surface area contributed by atoms with Crippen molar-refractivity contribution in [3.05, 3.63) is 0 Å². The summed E-state index contributed by atoms with van der Waals surface area (Å²) < 4.78 is 21.0. The van der Waals surface area contributed by atoms with Crippen molar-refractivity contribution >= 4 is 16.8 Å². The molecule has 0 aromatic carbocycles. The lowest BCUT2D eigenvalue weighted by molar-refractivity contribution is -0.140. The fraction of sp³-hybridized carbons (Fsp3) is 0.900. The first-order chi connectivity index (χ1) is 7.20. The Kier molecular flexibility index (Phi) is 9.83. The molecule has 0 aromatic rings. The molecule has 1 unspecified atom stereocenters. The average Bonchev–Trinajstić information content (AvgIpc) is 2.18. The van der Waals surface area contributed by atoms with E-state index in [2.05, 4.69) is 0 Å². The van der Waals surface area contributed by atoms with Crippen LogP contribution in [0.1, 0.15) is 26.2 Å². The summed E-state index contributed by atoms with van der Waals surface area (Å²) in [6.45, 7) is 3.04. The highest BCUT2D eigenvalue weighted by Crippen LogP contribution is 1.93. The zero-order valence-electron chi connectivity index (χ0n) is 9.49. The zero-order valence-corrected chi connectivity index (χ0v) is 10.3. The number of carbonyl (C=O) groups is 1. The van der Waals surface area contributed by atoms with Gasteiger partial charge in [-0.15, -0.1) is 0 Å². The van der Waals surface area contributed by atoms with Crippen LogP contribution in [0.25, 0.3) is 0 Å². The second kappa shape index (κ2) is 10.1. The predicted molar refractivity (Wildman–Crippen MR) is 60.2 cm³/mol. The summed E-state index contributed by atoms with van der Waals surface area (Å²) >= 11 is 0. The van der Waals surface area contributed by atoms with Crippen molar-refractivity contribution in [3.8, 4) is 0 Å². The van der Waals surface area contributed by atoms with E-state index in [9.17, 15) is 9.00 Å². The van der Waals surface area contributed by atoms with E-state index in [0.29, 0.717) is 25.4 Å². The van der Waals surface area contributed by atoms with Crippen LogP contribution in [-0.2, 0) is 25.1 Å². The number of unbranched alkanes of at least 4 members (excludes halogenated alkanes) is 1. The van der Waals surface area contributed by atoms with Gasteiger partial charge in [0.25, 0.3) is 0 Å². The molecular weight excluding hydrogens is 216 g/mol. The minimum absolute atomic E-state index is 0.00737. The lowest BCUT2D eigenvalue weighted by atomic mass is 10.4. The summed E-state index contributed by atoms with van der Waals surface area (Å²) in [4.78, 5) is 11.1. The Morgan fingerprint density at radius 1 is 1.27 bits per heavy atom. The van der Waals surface area contributed by atoms with E-state index in [1.165, 1.54) is 0 Å². The molecule has 0 aromatic heterocycles. The maximum Gasteiger partial charge on any atom is 0.318 e. The molecule has 15 heavy (non-hydrogen) atoms. The second-order valence-corrected chi connectivity index (χ2v) is 4.79. The maximum atomic E-state index is 11.3. The molecular formula is C10H20O4S. The molecule has 1 atom stereocenters. The Bertz CT molecular complexity index is 174. The third-order valence-corrected chi connectivity index (χ3v) is 3.06. The molecule has 0 aliphatic heterocycles. The molecule has 0 amide bonds. The third kappa shape index (κ3) is 9.87. The van der Waals surface area contributed by atoms with Crippen LogP contribution >= 0.6 is 0 Å². The number of esters is 1. The largest absolute Gasteiger partial charge is 0.465 e. The topological polar surface area (TPSA) is 52.6 Å². The van der Waals surface area contributed by atoms with E-state index < -0.39 is 10.8 Å². The number of rotatable bonds is 9. The van der Waals surface area contributed by atoms with E-state index in [1.54, 1.807) is 7.11 Å². The van der Waals surface area contributed by atoms with Crippen molar-refractivity contribution in [1.29, 1.82) is 0 Å². The van der Waals surface area contributed by atoms with Gasteiger partial charge in [0.05, 0.1) is 6.61 Å². The molecule has 4 nitrogen and oxygen atoms in total. The minimum atomic E-state index is -1.11. The zero-order chi connectivity index (χ0) is 11.5. The normalized spacial score (nSPS) is 12.4. The number of carbonyl (C=O) groups excluding carboxylic acids is 1. The minimum Gasteiger partial charge on any atom is -0.465 e. The Morgan fingerprint density at radius 3 is 2.60 bits per heavy atom. The Balaban J connectivity index is 3.45. The van der Waals surface area contributed by atoms with Gasteiger partial charge in [0.2, 0.25) is 0 Å². The van der Waals surface area contributed by atoms with Crippen LogP contribution in [-0.4, -0.2) is 42.0 Å². The van der Waals surface area contributed by atoms with Crippen molar-refractivity contribution in [1.82, 2.24) is 0 Å². The Hall–Kier alpha value is -0.420. The van der Waals surface area contributed by atoms with E-state index in [4.69, 9.17) is 9.47 Å². The lowest BCUT2D eigenvalue weighted by Gasteiger charge is -2.03. The van der Waals surface area contributed by atoms with Gasteiger partial charge in [-0.05, 0) is 12.8 Å². The molecule has 0 N–H and O–H groups in total. The fourth-order valence-electron chi connectivity index (χ4n) is 0.940. The highest BCUT2D eigenvalue weighted by atomic mass is 32.2. The average molecular weight is 236 g/mol. The van der Waals surface area contributed by atoms with Gasteiger partial charge in [-0.3, -0.25) is 9.00 Å². The highest BCUT2D eigenvalue weighted by Gasteiger charge is 2.08. The molecule has 0 aliphatic rings. The SMILES string of the molecule is CCCCOC(=O)CS(=O)CCCOC. The van der Waals surface area contributed by atoms with Gasteiger partial charge in [0.15, 0.2) is 0 Å². The van der Waals surface area contributed by atoms with Crippen molar-refractivity contribution in [2.75, 3.05) is 31.8 Å². The van der Waals surface area contributed by atoms with Crippen LogP contribution in [0.5, 0.6) is 0 Å². The molecule has 0 radical (unpaired) electrons.